The van der Waals surface area contributed by atoms with Crippen LogP contribution < -0.4 is 4.90 Å². The largest absolute Gasteiger partial charge is 0.387 e. The minimum atomic E-state index is -0.446. The number of pyridine rings is 1. The van der Waals surface area contributed by atoms with Gasteiger partial charge in [-0.2, -0.15) is 0 Å². The van der Waals surface area contributed by atoms with Gasteiger partial charge in [-0.05, 0) is 52.5 Å². The van der Waals surface area contributed by atoms with Gasteiger partial charge in [0.1, 0.15) is 0 Å². The van der Waals surface area contributed by atoms with Crippen LogP contribution in [0.15, 0.2) is 18.3 Å². The molecule has 19 heavy (non-hydrogen) atoms. The lowest BCUT2D eigenvalue weighted by Gasteiger charge is -2.24. The van der Waals surface area contributed by atoms with Gasteiger partial charge in [-0.15, -0.1) is 0 Å². The second-order valence-electron chi connectivity index (χ2n) is 5.10. The molecule has 0 spiro atoms. The number of rotatable bonds is 8. The molecule has 1 unspecified atom stereocenters. The quantitative estimate of drug-likeness (QED) is 0.783. The smallest absolute Gasteiger partial charge is 0.0957 e. The van der Waals surface area contributed by atoms with Crippen molar-refractivity contribution >= 4 is 5.69 Å². The Balaban J connectivity index is 2.60. The van der Waals surface area contributed by atoms with Gasteiger partial charge in [0.05, 0.1) is 23.7 Å². The van der Waals surface area contributed by atoms with Gasteiger partial charge in [0.25, 0.3) is 0 Å². The molecule has 1 rings (SSSR count). The van der Waals surface area contributed by atoms with Crippen molar-refractivity contribution < 1.29 is 5.11 Å². The van der Waals surface area contributed by atoms with Crippen molar-refractivity contribution in [2.24, 2.45) is 0 Å². The Hall–Kier alpha value is -1.13. The number of aliphatic hydroxyl groups excluding tert-OH is 1. The van der Waals surface area contributed by atoms with Crippen LogP contribution in [-0.2, 0) is 0 Å². The first-order valence-electron chi connectivity index (χ1n) is 7.12. The van der Waals surface area contributed by atoms with Crippen molar-refractivity contribution in [3.05, 3.63) is 24.0 Å². The van der Waals surface area contributed by atoms with Gasteiger partial charge in [-0.3, -0.25) is 4.98 Å². The van der Waals surface area contributed by atoms with E-state index in [-0.39, 0.29) is 0 Å². The van der Waals surface area contributed by atoms with E-state index in [1.54, 1.807) is 0 Å². The lowest BCUT2D eigenvalue weighted by molar-refractivity contribution is 0.169. The van der Waals surface area contributed by atoms with E-state index in [0.29, 0.717) is 6.42 Å². The summed E-state index contributed by atoms with van der Waals surface area (Å²) in [6.07, 6.45) is 3.26. The predicted octanol–water partition coefficient (Wildman–Crippen LogP) is 2.30. The van der Waals surface area contributed by atoms with Crippen molar-refractivity contribution in [3.63, 3.8) is 0 Å². The highest BCUT2D eigenvalue weighted by molar-refractivity contribution is 5.44. The van der Waals surface area contributed by atoms with Crippen LogP contribution in [-0.4, -0.2) is 48.7 Å². The van der Waals surface area contributed by atoms with E-state index in [4.69, 9.17) is 0 Å². The topological polar surface area (TPSA) is 39.6 Å². The molecule has 0 fully saturated rings. The van der Waals surface area contributed by atoms with E-state index in [2.05, 4.69) is 41.9 Å². The van der Waals surface area contributed by atoms with Crippen molar-refractivity contribution in [2.75, 3.05) is 38.6 Å². The Kier molecular flexibility index (Phi) is 6.81. The number of nitrogens with zero attached hydrogens (tertiary/aromatic N) is 3. The van der Waals surface area contributed by atoms with E-state index in [1.165, 1.54) is 0 Å². The molecule has 1 N–H and O–H groups in total. The fourth-order valence-electron chi connectivity index (χ4n) is 2.04. The zero-order valence-electron chi connectivity index (χ0n) is 12.6. The monoisotopic (exact) mass is 265 g/mol. The van der Waals surface area contributed by atoms with Crippen LogP contribution in [0.25, 0.3) is 0 Å². The van der Waals surface area contributed by atoms with Gasteiger partial charge in [0, 0.05) is 13.1 Å². The van der Waals surface area contributed by atoms with Gasteiger partial charge in [-0.25, -0.2) is 0 Å². The fraction of sp³-hybridized carbons (Fsp3) is 0.667. The maximum atomic E-state index is 9.74. The van der Waals surface area contributed by atoms with Gasteiger partial charge >= 0.3 is 0 Å². The molecular formula is C15H27N3O. The first-order valence-corrected chi connectivity index (χ1v) is 7.12. The zero-order chi connectivity index (χ0) is 14.3. The third-order valence-corrected chi connectivity index (χ3v) is 3.28. The summed E-state index contributed by atoms with van der Waals surface area (Å²) in [6, 6.07) is 3.98. The van der Waals surface area contributed by atoms with Crippen molar-refractivity contribution in [1.29, 1.82) is 0 Å². The molecule has 0 amide bonds. The zero-order valence-corrected chi connectivity index (χ0v) is 12.6. The van der Waals surface area contributed by atoms with Gasteiger partial charge in [0.2, 0.25) is 0 Å². The number of anilines is 1. The summed E-state index contributed by atoms with van der Waals surface area (Å²) in [4.78, 5) is 8.88. The van der Waals surface area contributed by atoms with Gasteiger partial charge in [0.15, 0.2) is 0 Å². The van der Waals surface area contributed by atoms with Gasteiger partial charge in [-0.1, -0.05) is 6.92 Å². The normalized spacial score (nSPS) is 12.7. The van der Waals surface area contributed by atoms with Crippen molar-refractivity contribution in [2.45, 2.75) is 32.8 Å². The lowest BCUT2D eigenvalue weighted by atomic mass is 10.2. The second kappa shape index (κ2) is 8.12. The molecule has 0 saturated heterocycles. The van der Waals surface area contributed by atoms with Crippen molar-refractivity contribution in [3.8, 4) is 0 Å². The Labute approximate surface area is 117 Å². The maximum absolute atomic E-state index is 9.74. The molecule has 0 aliphatic carbocycles. The number of aromatic nitrogens is 1. The molecule has 108 valence electrons. The number of aliphatic hydroxyl groups is 1. The number of hydrogen-bond donors (Lipinski definition) is 1. The molecule has 1 heterocycles. The average Bonchev–Trinajstić information content (AvgIpc) is 2.43. The maximum Gasteiger partial charge on any atom is 0.0957 e. The van der Waals surface area contributed by atoms with Crippen LogP contribution in [0.5, 0.6) is 0 Å². The minimum absolute atomic E-state index is 0.446. The minimum Gasteiger partial charge on any atom is -0.387 e. The summed E-state index contributed by atoms with van der Waals surface area (Å²) < 4.78 is 0. The van der Waals surface area contributed by atoms with Crippen LogP contribution in [0.1, 0.15) is 38.5 Å². The molecule has 0 aliphatic heterocycles. The third-order valence-electron chi connectivity index (χ3n) is 3.28. The van der Waals surface area contributed by atoms with E-state index >= 15 is 0 Å². The highest BCUT2D eigenvalue weighted by Gasteiger charge is 2.08. The molecular weight excluding hydrogens is 238 g/mol. The van der Waals surface area contributed by atoms with Crippen LogP contribution in [0.4, 0.5) is 5.69 Å². The van der Waals surface area contributed by atoms with Crippen LogP contribution in [0, 0.1) is 0 Å². The standard InChI is InChI=1S/C15H27N3O/c1-5-15(19)14-9-8-13(12-16-14)18(6-2)11-7-10-17(3)4/h8-9,12,15,19H,5-7,10-11H2,1-4H3. The summed E-state index contributed by atoms with van der Waals surface area (Å²) in [5.74, 6) is 0. The van der Waals surface area contributed by atoms with E-state index in [0.717, 1.165) is 37.4 Å². The Morgan fingerprint density at radius 1 is 1.21 bits per heavy atom. The summed E-state index contributed by atoms with van der Waals surface area (Å²) in [5, 5.41) is 9.74. The molecule has 0 aliphatic rings. The SMILES string of the molecule is CCC(O)c1ccc(N(CC)CCCN(C)C)cn1. The number of hydrogen-bond acceptors (Lipinski definition) is 4. The highest BCUT2D eigenvalue weighted by Crippen LogP contribution is 2.18. The van der Waals surface area contributed by atoms with E-state index < -0.39 is 6.10 Å². The molecule has 1 aromatic rings. The molecule has 0 radical (unpaired) electrons. The fourth-order valence-corrected chi connectivity index (χ4v) is 2.04. The molecule has 0 bridgehead atoms. The summed E-state index contributed by atoms with van der Waals surface area (Å²) in [6.45, 7) is 7.22. The lowest BCUT2D eigenvalue weighted by Crippen LogP contribution is -2.27. The van der Waals surface area contributed by atoms with E-state index in [1.807, 2.05) is 19.2 Å². The average molecular weight is 265 g/mol. The molecule has 4 heteroatoms. The van der Waals surface area contributed by atoms with Gasteiger partial charge < -0.3 is 14.9 Å². The second-order valence-corrected chi connectivity index (χ2v) is 5.10. The summed E-state index contributed by atoms with van der Waals surface area (Å²) >= 11 is 0. The first kappa shape index (κ1) is 15.9. The Morgan fingerprint density at radius 3 is 2.42 bits per heavy atom. The Bertz CT molecular complexity index is 351. The molecule has 0 saturated carbocycles. The van der Waals surface area contributed by atoms with Crippen LogP contribution in [0.2, 0.25) is 0 Å². The molecule has 0 aromatic carbocycles. The van der Waals surface area contributed by atoms with Crippen LogP contribution in [0.3, 0.4) is 0 Å². The highest BCUT2D eigenvalue weighted by atomic mass is 16.3. The van der Waals surface area contributed by atoms with Crippen molar-refractivity contribution in [1.82, 2.24) is 9.88 Å². The molecule has 4 nitrogen and oxygen atoms in total. The molecule has 1 aromatic heterocycles. The summed E-state index contributed by atoms with van der Waals surface area (Å²) in [5.41, 5.74) is 1.89. The predicted molar refractivity (Wildman–Crippen MR) is 80.5 cm³/mol. The molecule has 1 atom stereocenters. The third kappa shape index (κ3) is 5.17. The first-order chi connectivity index (χ1) is 9.08. The van der Waals surface area contributed by atoms with Crippen LogP contribution >= 0.6 is 0 Å². The summed E-state index contributed by atoms with van der Waals surface area (Å²) in [7, 11) is 4.19. The Morgan fingerprint density at radius 2 is 1.95 bits per heavy atom. The van der Waals surface area contributed by atoms with E-state index in [9.17, 15) is 5.11 Å².